The zero-order valence-corrected chi connectivity index (χ0v) is 28.8. The normalized spacial score (nSPS) is 41.7. The van der Waals surface area contributed by atoms with E-state index in [4.69, 9.17) is 4.74 Å². The maximum absolute atomic E-state index is 12.9. The summed E-state index contributed by atoms with van der Waals surface area (Å²) in [5.74, 6) is 3.22. The molecule has 0 radical (unpaired) electrons. The molecule has 2 saturated carbocycles. The van der Waals surface area contributed by atoms with E-state index in [-0.39, 0.29) is 29.0 Å². The number of aliphatic hydroxyl groups is 1. The third-order valence-corrected chi connectivity index (χ3v) is 14.9. The molecule has 2 heterocycles. The van der Waals surface area contributed by atoms with Gasteiger partial charge in [0.2, 0.25) is 10.0 Å². The van der Waals surface area contributed by atoms with Crippen LogP contribution in [0.25, 0.3) is 0 Å². The lowest BCUT2D eigenvalue weighted by Gasteiger charge is -2.49. The van der Waals surface area contributed by atoms with Gasteiger partial charge >= 0.3 is 0 Å². The van der Waals surface area contributed by atoms with Crippen LogP contribution in [0.1, 0.15) is 91.0 Å². The number of fused-ring (bicyclic) bond motifs is 6. The number of aryl methyl sites for hydroxylation is 1. The Bertz CT molecular complexity index is 1420. The molecule has 248 valence electrons. The Morgan fingerprint density at radius 1 is 1.11 bits per heavy atom. The highest BCUT2D eigenvalue weighted by Gasteiger charge is 2.59. The Morgan fingerprint density at radius 3 is 2.71 bits per heavy atom. The van der Waals surface area contributed by atoms with E-state index in [2.05, 4.69) is 43.4 Å². The minimum absolute atomic E-state index is 0.123. The fraction of sp³-hybridized carbons (Fsp3) is 0.737. The molecule has 0 amide bonds. The number of likely N-dealkylation sites (tertiary alicyclic amines) is 1. The summed E-state index contributed by atoms with van der Waals surface area (Å²) in [7, 11) is -3.33. The van der Waals surface area contributed by atoms with Crippen LogP contribution in [0.5, 0.6) is 0 Å². The van der Waals surface area contributed by atoms with Crippen LogP contribution < -0.4 is 4.72 Å². The van der Waals surface area contributed by atoms with Crippen LogP contribution in [0.2, 0.25) is 0 Å². The monoisotopic (exact) mass is 636 g/mol. The average molecular weight is 637 g/mol. The van der Waals surface area contributed by atoms with Crippen molar-refractivity contribution in [1.29, 1.82) is 0 Å². The quantitative estimate of drug-likeness (QED) is 0.345. The van der Waals surface area contributed by atoms with E-state index in [0.717, 1.165) is 63.1 Å². The molecule has 45 heavy (non-hydrogen) atoms. The number of rotatable bonds is 7. The Balaban J connectivity index is 1.03. The van der Waals surface area contributed by atoms with Crippen LogP contribution in [0, 0.1) is 35.0 Å². The van der Waals surface area contributed by atoms with Crippen molar-refractivity contribution in [3.05, 3.63) is 58.7 Å². The number of piperidine rings is 1. The molecule has 0 bridgehead atoms. The van der Waals surface area contributed by atoms with E-state index in [0.29, 0.717) is 42.7 Å². The maximum Gasteiger partial charge on any atom is 0.211 e. The maximum atomic E-state index is 12.9. The van der Waals surface area contributed by atoms with Crippen LogP contribution >= 0.6 is 0 Å². The van der Waals surface area contributed by atoms with Gasteiger partial charge in [-0.2, -0.15) is 0 Å². The van der Waals surface area contributed by atoms with E-state index >= 15 is 0 Å². The zero-order chi connectivity index (χ0) is 31.6. The first-order chi connectivity index (χ1) is 21.5. The van der Waals surface area contributed by atoms with Crippen molar-refractivity contribution < 1.29 is 18.3 Å². The topological polar surface area (TPSA) is 78.9 Å². The molecular formula is C38H56N2O4S. The van der Waals surface area contributed by atoms with E-state index < -0.39 is 10.0 Å². The SMILES string of the molecule is CC1=C2C[C@H]3[C@@H](CCC4=C[C@@H](O)CC[C@@]43C)[C@@H]2CC[C@@]2(C1)O[C@@H]1C[C@H](C)CN(CCNS(=O)(=O)CCc3ccccc3)[C@H]1[C@H]2C. The Labute approximate surface area is 272 Å². The van der Waals surface area contributed by atoms with Crippen LogP contribution in [0.4, 0.5) is 0 Å². The lowest BCUT2D eigenvalue weighted by molar-refractivity contribution is -0.0792. The highest BCUT2D eigenvalue weighted by molar-refractivity contribution is 7.89. The summed E-state index contributed by atoms with van der Waals surface area (Å²) < 4.78 is 35.9. The lowest BCUT2D eigenvalue weighted by Crippen LogP contribution is -2.53. The summed E-state index contributed by atoms with van der Waals surface area (Å²) in [6.45, 7) is 11.9. The fourth-order valence-electron chi connectivity index (χ4n) is 11.2. The van der Waals surface area contributed by atoms with E-state index in [1.807, 2.05) is 30.3 Å². The van der Waals surface area contributed by atoms with Gasteiger partial charge in [-0.05, 0) is 106 Å². The number of benzene rings is 1. The van der Waals surface area contributed by atoms with Crippen molar-refractivity contribution in [2.75, 3.05) is 25.4 Å². The van der Waals surface area contributed by atoms with Gasteiger partial charge < -0.3 is 9.84 Å². The summed E-state index contributed by atoms with van der Waals surface area (Å²) in [4.78, 5) is 2.57. The predicted octanol–water partition coefficient (Wildman–Crippen LogP) is 6.27. The number of hydrogen-bond acceptors (Lipinski definition) is 5. The van der Waals surface area contributed by atoms with Gasteiger partial charge in [0.25, 0.3) is 0 Å². The van der Waals surface area contributed by atoms with Crippen LogP contribution in [0.15, 0.2) is 53.1 Å². The van der Waals surface area contributed by atoms with Gasteiger partial charge in [0.05, 0.1) is 23.6 Å². The number of allylic oxidation sites excluding steroid dienone is 2. The van der Waals surface area contributed by atoms with Crippen molar-refractivity contribution in [3.8, 4) is 0 Å². The number of nitrogens with zero attached hydrogens (tertiary/aromatic N) is 1. The van der Waals surface area contributed by atoms with Gasteiger partial charge in [-0.1, -0.05) is 73.9 Å². The molecule has 4 aliphatic carbocycles. The average Bonchev–Trinajstić information content (AvgIpc) is 3.47. The standard InChI is InChI=1S/C38H56N2O4S/c1-25-20-35-36(40(24-25)18-17-39-45(42,43)19-14-28-8-6-5-7-9-28)27(3)38(44-35)16-13-31-32-11-10-29-21-30(41)12-15-37(29,4)34(32)22-33(31)26(2)23-38/h5-9,21,25,27,30-32,34-36,39,41H,10-20,22-24H2,1-4H3/t25-,27+,30-,31-,32-,34-,35+,36-,37-,38-/m0/s1. The molecule has 4 fully saturated rings. The molecule has 2 N–H and O–H groups in total. The predicted molar refractivity (Wildman–Crippen MR) is 180 cm³/mol. The fourth-order valence-corrected chi connectivity index (χ4v) is 12.3. The molecule has 0 unspecified atom stereocenters. The van der Waals surface area contributed by atoms with E-state index in [9.17, 15) is 13.5 Å². The third kappa shape index (κ3) is 5.92. The molecular weight excluding hydrogens is 580 g/mol. The molecule has 10 atom stereocenters. The Morgan fingerprint density at radius 2 is 1.91 bits per heavy atom. The van der Waals surface area contributed by atoms with Gasteiger partial charge in [-0.3, -0.25) is 4.90 Å². The smallest absolute Gasteiger partial charge is 0.211 e. The number of aliphatic hydroxyl groups excluding tert-OH is 1. The van der Waals surface area contributed by atoms with Gasteiger partial charge in [0, 0.05) is 31.6 Å². The second kappa shape index (κ2) is 12.2. The first-order valence-electron chi connectivity index (χ1n) is 18.0. The van der Waals surface area contributed by atoms with Crippen molar-refractivity contribution in [2.45, 2.75) is 116 Å². The second-order valence-corrected chi connectivity index (χ2v) is 18.1. The minimum Gasteiger partial charge on any atom is -0.389 e. The van der Waals surface area contributed by atoms with Gasteiger partial charge in [-0.25, -0.2) is 13.1 Å². The minimum atomic E-state index is -3.33. The second-order valence-electron chi connectivity index (χ2n) is 16.1. The van der Waals surface area contributed by atoms with Crippen molar-refractivity contribution in [2.24, 2.45) is 35.0 Å². The van der Waals surface area contributed by atoms with Crippen LogP contribution in [0.3, 0.4) is 0 Å². The van der Waals surface area contributed by atoms with Gasteiger partial charge in [0.1, 0.15) is 0 Å². The highest BCUT2D eigenvalue weighted by Crippen LogP contribution is 2.64. The van der Waals surface area contributed by atoms with Crippen molar-refractivity contribution in [1.82, 2.24) is 9.62 Å². The number of nitrogens with one attached hydrogen (secondary N) is 1. The molecule has 2 aliphatic heterocycles. The summed E-state index contributed by atoms with van der Waals surface area (Å²) in [5.41, 5.74) is 6.06. The molecule has 1 aromatic carbocycles. The van der Waals surface area contributed by atoms with E-state index in [1.165, 1.54) is 19.3 Å². The van der Waals surface area contributed by atoms with Gasteiger partial charge in [-0.15, -0.1) is 0 Å². The molecule has 7 heteroatoms. The van der Waals surface area contributed by atoms with E-state index in [1.54, 1.807) is 16.7 Å². The van der Waals surface area contributed by atoms with Crippen LogP contribution in [-0.2, 0) is 21.2 Å². The first kappa shape index (κ1) is 32.1. The van der Waals surface area contributed by atoms with Crippen molar-refractivity contribution >= 4 is 10.0 Å². The zero-order valence-electron chi connectivity index (χ0n) is 28.0. The molecule has 2 saturated heterocycles. The third-order valence-electron chi connectivity index (χ3n) is 13.5. The van der Waals surface area contributed by atoms with Crippen molar-refractivity contribution in [3.63, 3.8) is 0 Å². The summed E-state index contributed by atoms with van der Waals surface area (Å²) in [5, 5.41) is 10.4. The van der Waals surface area contributed by atoms with Gasteiger partial charge in [0.15, 0.2) is 0 Å². The number of hydrogen-bond donors (Lipinski definition) is 2. The lowest BCUT2D eigenvalue weighted by atomic mass is 9.56. The Kier molecular flexibility index (Phi) is 8.68. The summed E-state index contributed by atoms with van der Waals surface area (Å²) >= 11 is 0. The first-order valence-corrected chi connectivity index (χ1v) is 19.6. The molecule has 6 nitrogen and oxygen atoms in total. The Hall–Kier alpha value is -1.51. The van der Waals surface area contributed by atoms with Crippen LogP contribution in [-0.4, -0.2) is 67.7 Å². The summed E-state index contributed by atoms with van der Waals surface area (Å²) in [6.07, 6.45) is 12.9. The molecule has 1 aromatic rings. The highest BCUT2D eigenvalue weighted by atomic mass is 32.2. The molecule has 0 aromatic heterocycles. The number of ether oxygens (including phenoxy) is 1. The molecule has 1 spiro atoms. The largest absolute Gasteiger partial charge is 0.389 e. The summed E-state index contributed by atoms with van der Waals surface area (Å²) in [6, 6.07) is 10.2. The molecule has 7 rings (SSSR count). The number of sulfonamides is 1. The molecule has 6 aliphatic rings.